The molecule has 1 fully saturated rings. The number of rotatable bonds is 8. The molecule has 1 saturated carbocycles. The first-order valence-corrected chi connectivity index (χ1v) is 8.95. The van der Waals surface area contributed by atoms with Crippen LogP contribution in [0.5, 0.6) is 0 Å². The predicted octanol–water partition coefficient (Wildman–Crippen LogP) is 2.88. The molecular formula is C18H25N3O4. The third kappa shape index (κ3) is 4.92. The van der Waals surface area contributed by atoms with Crippen molar-refractivity contribution >= 4 is 5.91 Å². The summed E-state index contributed by atoms with van der Waals surface area (Å²) in [5.41, 5.74) is 0. The number of furan rings is 1. The van der Waals surface area contributed by atoms with Gasteiger partial charge in [0, 0.05) is 31.2 Å². The van der Waals surface area contributed by atoms with Gasteiger partial charge in [0.2, 0.25) is 11.8 Å². The minimum Gasteiger partial charge on any atom is -0.467 e. The summed E-state index contributed by atoms with van der Waals surface area (Å²) in [6, 6.07) is 3.28. The Balaban J connectivity index is 1.40. The molecule has 1 aliphatic carbocycles. The lowest BCUT2D eigenvalue weighted by Gasteiger charge is -2.16. The van der Waals surface area contributed by atoms with Gasteiger partial charge in [0.05, 0.1) is 6.26 Å². The van der Waals surface area contributed by atoms with Crippen LogP contribution in [0.15, 0.2) is 27.3 Å². The fourth-order valence-electron chi connectivity index (χ4n) is 3.28. The first-order valence-electron chi connectivity index (χ1n) is 8.95. The highest BCUT2D eigenvalue weighted by Crippen LogP contribution is 2.32. The van der Waals surface area contributed by atoms with E-state index in [-0.39, 0.29) is 18.4 Å². The molecule has 2 aromatic rings. The van der Waals surface area contributed by atoms with Gasteiger partial charge in [0.1, 0.15) is 11.9 Å². The average molecular weight is 347 g/mol. The Morgan fingerprint density at radius 3 is 2.96 bits per heavy atom. The number of hydrogen-bond donors (Lipinski definition) is 2. The van der Waals surface area contributed by atoms with E-state index in [9.17, 15) is 9.90 Å². The Labute approximate surface area is 146 Å². The van der Waals surface area contributed by atoms with E-state index in [0.29, 0.717) is 30.4 Å². The van der Waals surface area contributed by atoms with E-state index in [0.717, 1.165) is 18.7 Å². The summed E-state index contributed by atoms with van der Waals surface area (Å²) in [6.07, 6.45) is 6.58. The second kappa shape index (κ2) is 8.29. The van der Waals surface area contributed by atoms with E-state index in [1.54, 1.807) is 12.1 Å². The maximum absolute atomic E-state index is 12.1. The van der Waals surface area contributed by atoms with Crippen molar-refractivity contribution in [2.24, 2.45) is 0 Å². The molecule has 0 aliphatic heterocycles. The first-order chi connectivity index (χ1) is 12.1. The molecule has 1 aliphatic rings. The summed E-state index contributed by atoms with van der Waals surface area (Å²) in [4.78, 5) is 16.5. The van der Waals surface area contributed by atoms with Crippen molar-refractivity contribution in [1.29, 1.82) is 0 Å². The highest BCUT2D eigenvalue weighted by atomic mass is 16.5. The highest BCUT2D eigenvalue weighted by molar-refractivity contribution is 5.76. The van der Waals surface area contributed by atoms with Gasteiger partial charge in [-0.3, -0.25) is 4.79 Å². The lowest BCUT2D eigenvalue weighted by molar-refractivity contribution is -0.121. The number of aliphatic hydroxyl groups is 1. The zero-order valence-electron chi connectivity index (χ0n) is 14.5. The van der Waals surface area contributed by atoms with Crippen LogP contribution in [0.4, 0.5) is 0 Å². The zero-order valence-corrected chi connectivity index (χ0v) is 14.5. The summed E-state index contributed by atoms with van der Waals surface area (Å²) in [5.74, 6) is 2.11. The van der Waals surface area contributed by atoms with E-state index in [2.05, 4.69) is 15.5 Å². The molecule has 2 unspecified atom stereocenters. The fourth-order valence-corrected chi connectivity index (χ4v) is 3.28. The van der Waals surface area contributed by atoms with Crippen LogP contribution >= 0.6 is 0 Å². The first kappa shape index (κ1) is 17.7. The van der Waals surface area contributed by atoms with Gasteiger partial charge in [0.25, 0.3) is 0 Å². The molecule has 7 nitrogen and oxygen atoms in total. The molecule has 0 saturated heterocycles. The highest BCUT2D eigenvalue weighted by Gasteiger charge is 2.22. The van der Waals surface area contributed by atoms with Crippen LogP contribution in [0.2, 0.25) is 0 Å². The predicted molar refractivity (Wildman–Crippen MR) is 89.7 cm³/mol. The van der Waals surface area contributed by atoms with Gasteiger partial charge in [0.15, 0.2) is 5.82 Å². The molecule has 25 heavy (non-hydrogen) atoms. The average Bonchev–Trinajstić information content (AvgIpc) is 3.34. The molecule has 2 heterocycles. The van der Waals surface area contributed by atoms with Crippen molar-refractivity contribution in [3.8, 4) is 0 Å². The third-order valence-electron chi connectivity index (χ3n) is 4.63. The molecule has 136 valence electrons. The van der Waals surface area contributed by atoms with Crippen LogP contribution in [-0.4, -0.2) is 27.2 Å². The van der Waals surface area contributed by atoms with Gasteiger partial charge in [-0.2, -0.15) is 4.98 Å². The molecule has 2 aromatic heterocycles. The molecule has 0 spiro atoms. The molecule has 3 rings (SSSR count). The Hall–Kier alpha value is -2.15. The van der Waals surface area contributed by atoms with Crippen molar-refractivity contribution in [2.75, 3.05) is 0 Å². The van der Waals surface area contributed by atoms with Gasteiger partial charge in [-0.15, -0.1) is 0 Å². The quantitative estimate of drug-likeness (QED) is 0.761. The van der Waals surface area contributed by atoms with Crippen molar-refractivity contribution < 1.29 is 18.8 Å². The van der Waals surface area contributed by atoms with Crippen molar-refractivity contribution in [2.45, 2.75) is 69.9 Å². The third-order valence-corrected chi connectivity index (χ3v) is 4.63. The summed E-state index contributed by atoms with van der Waals surface area (Å²) in [5, 5.41) is 16.9. The van der Waals surface area contributed by atoms with Crippen molar-refractivity contribution in [3.63, 3.8) is 0 Å². The lowest BCUT2D eigenvalue weighted by Crippen LogP contribution is -2.33. The van der Waals surface area contributed by atoms with Gasteiger partial charge >= 0.3 is 0 Å². The number of carbonyl (C=O) groups is 1. The second-order valence-corrected chi connectivity index (χ2v) is 6.76. The van der Waals surface area contributed by atoms with E-state index < -0.39 is 6.10 Å². The van der Waals surface area contributed by atoms with Gasteiger partial charge < -0.3 is 19.4 Å². The second-order valence-electron chi connectivity index (χ2n) is 6.76. The molecule has 0 aromatic carbocycles. The van der Waals surface area contributed by atoms with Crippen LogP contribution in [0.25, 0.3) is 0 Å². The minimum absolute atomic E-state index is 0.0974. The molecule has 1 amide bonds. The Bertz CT molecular complexity index is 662. The van der Waals surface area contributed by atoms with Gasteiger partial charge in [-0.25, -0.2) is 0 Å². The summed E-state index contributed by atoms with van der Waals surface area (Å²) >= 11 is 0. The van der Waals surface area contributed by atoms with Crippen molar-refractivity contribution in [3.05, 3.63) is 35.9 Å². The van der Waals surface area contributed by atoms with Crippen LogP contribution in [-0.2, 0) is 11.2 Å². The largest absolute Gasteiger partial charge is 0.467 e. The minimum atomic E-state index is -0.727. The number of aryl methyl sites for hydroxylation is 1. The Kier molecular flexibility index (Phi) is 5.86. The standard InChI is InChI=1S/C18H25N3O4/c1-12(11-14(22)15-7-4-10-24-15)19-16(23)8-9-17-20-18(21-25-17)13-5-2-3-6-13/h4,7,10,12-14,22H,2-3,5-6,8-9,11H2,1H3,(H,19,23). The fraction of sp³-hybridized carbons (Fsp3) is 0.611. The molecule has 2 atom stereocenters. The van der Waals surface area contributed by atoms with E-state index in [1.165, 1.54) is 19.1 Å². The maximum atomic E-state index is 12.1. The summed E-state index contributed by atoms with van der Waals surface area (Å²) in [7, 11) is 0. The van der Waals surface area contributed by atoms with Crippen LogP contribution in [0, 0.1) is 0 Å². The molecule has 7 heteroatoms. The number of hydrogen-bond acceptors (Lipinski definition) is 6. The smallest absolute Gasteiger partial charge is 0.227 e. The Morgan fingerprint density at radius 2 is 2.24 bits per heavy atom. The van der Waals surface area contributed by atoms with Crippen LogP contribution < -0.4 is 5.32 Å². The molecule has 0 bridgehead atoms. The summed E-state index contributed by atoms with van der Waals surface area (Å²) < 4.78 is 10.4. The SMILES string of the molecule is CC(CC(O)c1ccco1)NC(=O)CCc1nc(C2CCCC2)no1. The van der Waals surface area contributed by atoms with Gasteiger partial charge in [-0.05, 0) is 31.9 Å². The Morgan fingerprint density at radius 1 is 1.44 bits per heavy atom. The molecular weight excluding hydrogens is 322 g/mol. The number of aromatic nitrogens is 2. The van der Waals surface area contributed by atoms with Crippen LogP contribution in [0.3, 0.4) is 0 Å². The normalized spacial score (nSPS) is 17.5. The van der Waals surface area contributed by atoms with Crippen molar-refractivity contribution in [1.82, 2.24) is 15.5 Å². The van der Waals surface area contributed by atoms with Gasteiger partial charge in [-0.1, -0.05) is 18.0 Å². The molecule has 0 radical (unpaired) electrons. The number of amides is 1. The van der Waals surface area contributed by atoms with E-state index in [1.807, 2.05) is 6.92 Å². The molecule has 2 N–H and O–H groups in total. The number of aliphatic hydroxyl groups excluding tert-OH is 1. The topological polar surface area (TPSA) is 101 Å². The lowest BCUT2D eigenvalue weighted by atomic mass is 10.1. The van der Waals surface area contributed by atoms with Crippen LogP contribution in [0.1, 0.15) is 74.9 Å². The monoisotopic (exact) mass is 347 g/mol. The zero-order chi connectivity index (χ0) is 17.6. The van der Waals surface area contributed by atoms with E-state index >= 15 is 0 Å². The van der Waals surface area contributed by atoms with E-state index in [4.69, 9.17) is 8.94 Å². The number of nitrogens with zero attached hydrogens (tertiary/aromatic N) is 2. The number of carbonyl (C=O) groups excluding carboxylic acids is 1. The maximum Gasteiger partial charge on any atom is 0.227 e. The number of nitrogens with one attached hydrogen (secondary N) is 1. The summed E-state index contributed by atoms with van der Waals surface area (Å²) in [6.45, 7) is 1.86.